The van der Waals surface area contributed by atoms with Crippen molar-refractivity contribution in [3.63, 3.8) is 0 Å². The number of hydrogen-bond donors (Lipinski definition) is 0. The van der Waals surface area contributed by atoms with Gasteiger partial charge in [-0.25, -0.2) is 0 Å². The van der Waals surface area contributed by atoms with E-state index in [9.17, 15) is 4.79 Å². The summed E-state index contributed by atoms with van der Waals surface area (Å²) in [5.41, 5.74) is 6.27. The van der Waals surface area contributed by atoms with Gasteiger partial charge in [0.2, 0.25) is 0 Å². The van der Waals surface area contributed by atoms with Crippen molar-refractivity contribution in [2.45, 2.75) is 58.4 Å². The van der Waals surface area contributed by atoms with Gasteiger partial charge in [-0.15, -0.1) is 0 Å². The van der Waals surface area contributed by atoms with Gasteiger partial charge < -0.3 is 4.57 Å². The molecule has 2 heteroatoms. The lowest BCUT2D eigenvalue weighted by molar-refractivity contribution is 0.111. The van der Waals surface area contributed by atoms with Crippen LogP contribution in [0.1, 0.15) is 84.7 Å². The molecular formula is C20H25NO. The molecule has 0 amide bonds. The molecular weight excluding hydrogens is 270 g/mol. The van der Waals surface area contributed by atoms with E-state index in [2.05, 4.69) is 56.7 Å². The monoisotopic (exact) mass is 295 g/mol. The number of rotatable bonds is 4. The maximum atomic E-state index is 11.5. The first-order chi connectivity index (χ1) is 10.5. The molecule has 0 spiro atoms. The fourth-order valence-electron chi connectivity index (χ4n) is 3.45. The molecule has 2 nitrogen and oxygen atoms in total. The van der Waals surface area contributed by atoms with Gasteiger partial charge in [-0.2, -0.15) is 0 Å². The third-order valence-electron chi connectivity index (χ3n) is 4.91. The number of carbonyl (C=O) groups is 1. The lowest BCUT2D eigenvalue weighted by Gasteiger charge is -2.17. The summed E-state index contributed by atoms with van der Waals surface area (Å²) in [5, 5.41) is 0. The topological polar surface area (TPSA) is 22.0 Å². The summed E-state index contributed by atoms with van der Waals surface area (Å²) < 4.78 is 2.19. The maximum Gasteiger partial charge on any atom is 0.166 e. The van der Waals surface area contributed by atoms with Crippen LogP contribution < -0.4 is 0 Å². The minimum Gasteiger partial charge on any atom is -0.338 e. The number of nitrogens with zero attached hydrogens (tertiary/aromatic N) is 1. The molecule has 0 fully saturated rings. The predicted octanol–water partition coefficient (Wildman–Crippen LogP) is 5.08. The third kappa shape index (κ3) is 2.51. The highest BCUT2D eigenvalue weighted by molar-refractivity contribution is 5.73. The normalized spacial score (nSPS) is 17.3. The molecule has 1 aromatic heterocycles. The Hall–Kier alpha value is -1.83. The Bertz CT molecular complexity index is 694. The van der Waals surface area contributed by atoms with Gasteiger partial charge in [0, 0.05) is 6.20 Å². The Kier molecular flexibility index (Phi) is 3.94. The fourth-order valence-corrected chi connectivity index (χ4v) is 3.45. The first-order valence-electron chi connectivity index (χ1n) is 8.31. The average Bonchev–Trinajstić information content (AvgIpc) is 3.09. The van der Waals surface area contributed by atoms with Crippen LogP contribution in [-0.4, -0.2) is 10.9 Å². The lowest BCUT2D eigenvalue weighted by Crippen LogP contribution is -2.09. The quantitative estimate of drug-likeness (QED) is 0.721. The van der Waals surface area contributed by atoms with Gasteiger partial charge in [-0.1, -0.05) is 45.9 Å². The molecule has 1 unspecified atom stereocenters. The Balaban J connectivity index is 2.06. The summed E-state index contributed by atoms with van der Waals surface area (Å²) in [5.74, 6) is 0.982. The van der Waals surface area contributed by atoms with E-state index >= 15 is 0 Å². The van der Waals surface area contributed by atoms with Crippen molar-refractivity contribution in [3.05, 3.63) is 58.4 Å². The minimum absolute atomic E-state index is 0.307. The van der Waals surface area contributed by atoms with E-state index in [1.807, 2.05) is 6.07 Å². The molecule has 0 saturated heterocycles. The van der Waals surface area contributed by atoms with Gasteiger partial charge >= 0.3 is 0 Å². The predicted molar refractivity (Wildman–Crippen MR) is 90.9 cm³/mol. The highest BCUT2D eigenvalue weighted by Crippen LogP contribution is 2.37. The van der Waals surface area contributed by atoms with Crippen LogP contribution in [0.25, 0.3) is 0 Å². The van der Waals surface area contributed by atoms with E-state index < -0.39 is 0 Å². The first-order valence-corrected chi connectivity index (χ1v) is 8.31. The number of aldehydes is 1. The van der Waals surface area contributed by atoms with Crippen LogP contribution in [0.2, 0.25) is 0 Å². The van der Waals surface area contributed by atoms with E-state index in [4.69, 9.17) is 0 Å². The molecule has 0 bridgehead atoms. The zero-order valence-corrected chi connectivity index (χ0v) is 14.0. The second-order valence-electron chi connectivity index (χ2n) is 7.05. The molecule has 2 aromatic rings. The van der Waals surface area contributed by atoms with Crippen molar-refractivity contribution in [1.82, 2.24) is 4.57 Å². The van der Waals surface area contributed by atoms with E-state index in [1.54, 1.807) is 0 Å². The van der Waals surface area contributed by atoms with Gasteiger partial charge in [0.05, 0.1) is 11.7 Å². The van der Waals surface area contributed by atoms with E-state index in [0.717, 1.165) is 24.8 Å². The smallest absolute Gasteiger partial charge is 0.166 e. The first kappa shape index (κ1) is 15.1. The van der Waals surface area contributed by atoms with Crippen molar-refractivity contribution >= 4 is 6.29 Å². The van der Waals surface area contributed by atoms with Crippen molar-refractivity contribution in [2.24, 2.45) is 0 Å². The number of benzene rings is 1. The van der Waals surface area contributed by atoms with Crippen LogP contribution >= 0.6 is 0 Å². The Morgan fingerprint density at radius 2 is 1.82 bits per heavy atom. The van der Waals surface area contributed by atoms with Gasteiger partial charge in [0.25, 0.3) is 0 Å². The maximum absolute atomic E-state index is 11.5. The standard InChI is InChI=1S/C20H25NO/c1-13(2)16-6-5-15-7-8-20(19(15)10-16)21-11-17(14(3)4)9-18(21)12-22/h5-6,9-14,20H,7-8H2,1-4H3. The van der Waals surface area contributed by atoms with Gasteiger partial charge in [0.1, 0.15) is 0 Å². The Morgan fingerprint density at radius 1 is 1.09 bits per heavy atom. The zero-order valence-electron chi connectivity index (χ0n) is 14.0. The van der Waals surface area contributed by atoms with Gasteiger partial charge in [-0.05, 0) is 53.0 Å². The van der Waals surface area contributed by atoms with Crippen LogP contribution in [-0.2, 0) is 6.42 Å². The van der Waals surface area contributed by atoms with E-state index in [-0.39, 0.29) is 0 Å². The summed E-state index contributed by atoms with van der Waals surface area (Å²) >= 11 is 0. The number of hydrogen-bond acceptors (Lipinski definition) is 1. The molecule has 0 saturated carbocycles. The van der Waals surface area contributed by atoms with Crippen molar-refractivity contribution in [2.75, 3.05) is 0 Å². The van der Waals surface area contributed by atoms with Crippen LogP contribution in [0.5, 0.6) is 0 Å². The number of aromatic nitrogens is 1. The van der Waals surface area contributed by atoms with Gasteiger partial charge in [0.15, 0.2) is 6.29 Å². The molecule has 1 aliphatic carbocycles. The number of carbonyl (C=O) groups excluding carboxylic acids is 1. The third-order valence-corrected chi connectivity index (χ3v) is 4.91. The molecule has 0 aliphatic heterocycles. The highest BCUT2D eigenvalue weighted by atomic mass is 16.1. The lowest BCUT2D eigenvalue weighted by atomic mass is 9.97. The molecule has 0 radical (unpaired) electrons. The summed E-state index contributed by atoms with van der Waals surface area (Å²) in [6.07, 6.45) is 5.36. The molecule has 3 rings (SSSR count). The number of aryl methyl sites for hydroxylation is 1. The molecule has 0 N–H and O–H groups in total. The SMILES string of the molecule is CC(C)c1ccc2c(c1)C(n1cc(C(C)C)cc1C=O)CC2. The molecule has 116 valence electrons. The second kappa shape index (κ2) is 5.75. The Labute approximate surface area is 133 Å². The van der Waals surface area contributed by atoms with E-state index in [1.165, 1.54) is 22.3 Å². The van der Waals surface area contributed by atoms with Crippen LogP contribution in [0.4, 0.5) is 0 Å². The van der Waals surface area contributed by atoms with Crippen LogP contribution in [0.15, 0.2) is 30.5 Å². The minimum atomic E-state index is 0.307. The Morgan fingerprint density at radius 3 is 2.45 bits per heavy atom. The summed E-state index contributed by atoms with van der Waals surface area (Å²) in [7, 11) is 0. The summed E-state index contributed by atoms with van der Waals surface area (Å²) in [4.78, 5) is 11.5. The van der Waals surface area contributed by atoms with E-state index in [0.29, 0.717) is 17.9 Å². The molecule has 1 atom stereocenters. The zero-order chi connectivity index (χ0) is 15.9. The summed E-state index contributed by atoms with van der Waals surface area (Å²) in [6.45, 7) is 8.81. The average molecular weight is 295 g/mol. The summed E-state index contributed by atoms with van der Waals surface area (Å²) in [6, 6.07) is 9.23. The molecule has 1 aromatic carbocycles. The number of fused-ring (bicyclic) bond motifs is 1. The highest BCUT2D eigenvalue weighted by Gasteiger charge is 2.26. The second-order valence-corrected chi connectivity index (χ2v) is 7.05. The van der Waals surface area contributed by atoms with Crippen molar-refractivity contribution in [3.8, 4) is 0 Å². The fraction of sp³-hybridized carbons (Fsp3) is 0.450. The van der Waals surface area contributed by atoms with Gasteiger partial charge in [-0.3, -0.25) is 4.79 Å². The van der Waals surface area contributed by atoms with Crippen LogP contribution in [0.3, 0.4) is 0 Å². The molecule has 22 heavy (non-hydrogen) atoms. The largest absolute Gasteiger partial charge is 0.338 e. The molecule has 1 heterocycles. The molecule has 1 aliphatic rings. The van der Waals surface area contributed by atoms with Crippen LogP contribution in [0, 0.1) is 0 Å². The van der Waals surface area contributed by atoms with Crippen molar-refractivity contribution in [1.29, 1.82) is 0 Å². The van der Waals surface area contributed by atoms with Crippen molar-refractivity contribution < 1.29 is 4.79 Å².